The maximum absolute atomic E-state index is 3.73. The maximum Gasteiger partial charge on any atom is 0.0465 e. The molecule has 7 rings (SSSR count). The van der Waals surface area contributed by atoms with Crippen LogP contribution in [-0.2, 0) is 13.1 Å². The molecule has 0 bridgehead atoms. The monoisotopic (exact) mass is 536 g/mol. The summed E-state index contributed by atoms with van der Waals surface area (Å²) in [6.45, 7) is 4.09. The molecule has 2 nitrogen and oxygen atoms in total. The van der Waals surface area contributed by atoms with Gasteiger partial charge < -0.3 is 10.6 Å². The van der Waals surface area contributed by atoms with Gasteiger partial charge in [0.1, 0.15) is 0 Å². The van der Waals surface area contributed by atoms with Crippen LogP contribution in [0.15, 0.2) is 138 Å². The van der Waals surface area contributed by atoms with Crippen LogP contribution in [0.5, 0.6) is 0 Å². The third-order valence-electron chi connectivity index (χ3n) is 8.08. The minimum Gasteiger partial charge on any atom is -0.355 e. The molecule has 196 valence electrons. The summed E-state index contributed by atoms with van der Waals surface area (Å²) < 4.78 is 0.0305. The SMILES string of the molecule is CC12C=CC=CC1c1c(c(-c3ccccc3Nc3ccc(CNCc4ccccc4)cc3)cc3ccccc13)S2. The Bertz CT molecular complexity index is 1740. The second-order valence-electron chi connectivity index (χ2n) is 10.9. The Morgan fingerprint density at radius 2 is 1.45 bits per heavy atom. The first-order valence-corrected chi connectivity index (χ1v) is 14.8. The summed E-state index contributed by atoms with van der Waals surface area (Å²) in [6, 6.07) is 39.3. The molecule has 0 radical (unpaired) electrons. The van der Waals surface area contributed by atoms with E-state index in [-0.39, 0.29) is 4.75 Å². The lowest BCUT2D eigenvalue weighted by molar-refractivity contribution is 0.693. The predicted molar refractivity (Wildman–Crippen MR) is 171 cm³/mol. The lowest BCUT2D eigenvalue weighted by atomic mass is 9.80. The van der Waals surface area contributed by atoms with Crippen molar-refractivity contribution in [1.29, 1.82) is 0 Å². The fourth-order valence-corrected chi connectivity index (χ4v) is 7.56. The van der Waals surface area contributed by atoms with E-state index in [2.05, 4.69) is 151 Å². The molecule has 5 aromatic rings. The van der Waals surface area contributed by atoms with Crippen LogP contribution in [0.25, 0.3) is 21.9 Å². The highest BCUT2D eigenvalue weighted by molar-refractivity contribution is 8.01. The molecule has 3 heteroatoms. The Labute approximate surface area is 240 Å². The number of thioether (sulfide) groups is 1. The van der Waals surface area contributed by atoms with E-state index in [1.807, 2.05) is 11.8 Å². The van der Waals surface area contributed by atoms with Crippen molar-refractivity contribution in [2.45, 2.75) is 35.6 Å². The zero-order chi connectivity index (χ0) is 26.9. The molecule has 2 aliphatic rings. The highest BCUT2D eigenvalue weighted by atomic mass is 32.2. The quantitative estimate of drug-likeness (QED) is 0.216. The van der Waals surface area contributed by atoms with Gasteiger partial charge in [0.05, 0.1) is 0 Å². The second kappa shape index (κ2) is 10.5. The minimum atomic E-state index is 0.0305. The van der Waals surface area contributed by atoms with Gasteiger partial charge in [0, 0.05) is 45.6 Å². The smallest absolute Gasteiger partial charge is 0.0465 e. The summed E-state index contributed by atoms with van der Waals surface area (Å²) in [5, 5.41) is 9.94. The molecular formula is C37H32N2S. The highest BCUT2D eigenvalue weighted by Crippen LogP contribution is 2.60. The largest absolute Gasteiger partial charge is 0.355 e. The zero-order valence-corrected chi connectivity index (χ0v) is 23.4. The van der Waals surface area contributed by atoms with Crippen LogP contribution >= 0.6 is 11.8 Å². The van der Waals surface area contributed by atoms with Gasteiger partial charge in [0.25, 0.3) is 0 Å². The molecule has 1 aliphatic heterocycles. The van der Waals surface area contributed by atoms with Crippen molar-refractivity contribution < 1.29 is 0 Å². The molecule has 0 saturated carbocycles. The van der Waals surface area contributed by atoms with E-state index < -0.39 is 0 Å². The summed E-state index contributed by atoms with van der Waals surface area (Å²) in [5.41, 5.74) is 8.80. The number of rotatable bonds is 7. The van der Waals surface area contributed by atoms with E-state index in [0.717, 1.165) is 24.5 Å². The molecule has 5 aromatic carbocycles. The average molecular weight is 537 g/mol. The maximum atomic E-state index is 3.73. The Hall–Kier alpha value is -4.05. The van der Waals surface area contributed by atoms with Crippen molar-refractivity contribution in [3.63, 3.8) is 0 Å². The molecule has 0 saturated heterocycles. The summed E-state index contributed by atoms with van der Waals surface area (Å²) in [5.74, 6) is 0.366. The molecule has 0 fully saturated rings. The van der Waals surface area contributed by atoms with Crippen LogP contribution in [0.3, 0.4) is 0 Å². The van der Waals surface area contributed by atoms with Gasteiger partial charge in [-0.3, -0.25) is 0 Å². The number of anilines is 2. The summed E-state index contributed by atoms with van der Waals surface area (Å²) in [6.07, 6.45) is 9.17. The van der Waals surface area contributed by atoms with Gasteiger partial charge in [-0.1, -0.05) is 109 Å². The number of fused-ring (bicyclic) bond motifs is 5. The van der Waals surface area contributed by atoms with E-state index in [9.17, 15) is 0 Å². The summed E-state index contributed by atoms with van der Waals surface area (Å²) in [7, 11) is 0. The van der Waals surface area contributed by atoms with E-state index in [0.29, 0.717) is 5.92 Å². The molecule has 1 heterocycles. The molecule has 2 unspecified atom stereocenters. The van der Waals surface area contributed by atoms with Crippen LogP contribution < -0.4 is 10.6 Å². The van der Waals surface area contributed by atoms with E-state index in [1.165, 1.54) is 43.5 Å². The standard InChI is InChI=1S/C37H32N2S/c1-37-22-10-9-16-33(37)35-30-14-6-5-13-28(30)23-32(36(35)40-37)31-15-7-8-17-34(31)39-29-20-18-27(19-21-29)25-38-24-26-11-3-2-4-12-26/h2-23,33,38-39H,24-25H2,1H3. The van der Waals surface area contributed by atoms with Crippen LogP contribution in [-0.4, -0.2) is 4.75 Å². The molecule has 0 spiro atoms. The van der Waals surface area contributed by atoms with Crippen molar-refractivity contribution in [1.82, 2.24) is 5.32 Å². The fraction of sp³-hybridized carbons (Fsp3) is 0.135. The van der Waals surface area contributed by atoms with Gasteiger partial charge in [0.15, 0.2) is 0 Å². The van der Waals surface area contributed by atoms with Crippen LogP contribution in [0.1, 0.15) is 29.5 Å². The molecule has 0 aromatic heterocycles. The predicted octanol–water partition coefficient (Wildman–Crippen LogP) is 9.61. The van der Waals surface area contributed by atoms with Gasteiger partial charge >= 0.3 is 0 Å². The van der Waals surface area contributed by atoms with Crippen molar-refractivity contribution in [2.24, 2.45) is 0 Å². The van der Waals surface area contributed by atoms with E-state index in [4.69, 9.17) is 0 Å². The van der Waals surface area contributed by atoms with Crippen LogP contribution in [0.2, 0.25) is 0 Å². The highest BCUT2D eigenvalue weighted by Gasteiger charge is 2.43. The number of para-hydroxylation sites is 1. The first kappa shape index (κ1) is 25.0. The number of hydrogen-bond donors (Lipinski definition) is 2. The number of allylic oxidation sites excluding steroid dienone is 3. The van der Waals surface area contributed by atoms with E-state index >= 15 is 0 Å². The molecular weight excluding hydrogens is 504 g/mol. The normalized spacial score (nSPS) is 19.0. The Balaban J connectivity index is 1.19. The van der Waals surface area contributed by atoms with Crippen molar-refractivity contribution >= 4 is 33.9 Å². The van der Waals surface area contributed by atoms with Gasteiger partial charge in [-0.25, -0.2) is 0 Å². The number of hydrogen-bond acceptors (Lipinski definition) is 3. The molecule has 40 heavy (non-hydrogen) atoms. The lowest BCUT2D eigenvalue weighted by Crippen LogP contribution is -2.22. The Morgan fingerprint density at radius 1 is 0.725 bits per heavy atom. The van der Waals surface area contributed by atoms with Crippen LogP contribution in [0, 0.1) is 0 Å². The first-order chi connectivity index (χ1) is 19.7. The molecule has 2 N–H and O–H groups in total. The lowest BCUT2D eigenvalue weighted by Gasteiger charge is -2.27. The fourth-order valence-electron chi connectivity index (χ4n) is 6.03. The van der Waals surface area contributed by atoms with Gasteiger partial charge in [-0.05, 0) is 64.2 Å². The zero-order valence-electron chi connectivity index (χ0n) is 22.6. The number of nitrogens with one attached hydrogen (secondary N) is 2. The van der Waals surface area contributed by atoms with Gasteiger partial charge in [0.2, 0.25) is 0 Å². The number of benzene rings is 5. The van der Waals surface area contributed by atoms with Crippen molar-refractivity contribution in [3.8, 4) is 11.1 Å². The summed E-state index contributed by atoms with van der Waals surface area (Å²) in [4.78, 5) is 1.40. The third kappa shape index (κ3) is 4.66. The van der Waals surface area contributed by atoms with Gasteiger partial charge in [-0.2, -0.15) is 0 Å². The first-order valence-electron chi connectivity index (χ1n) is 14.0. The van der Waals surface area contributed by atoms with Crippen molar-refractivity contribution in [2.75, 3.05) is 5.32 Å². The average Bonchev–Trinajstić information content (AvgIpc) is 3.32. The Kier molecular flexibility index (Phi) is 6.55. The Morgan fingerprint density at radius 3 is 2.30 bits per heavy atom. The molecule has 1 aliphatic carbocycles. The van der Waals surface area contributed by atoms with Crippen molar-refractivity contribution in [3.05, 3.63) is 150 Å². The summed E-state index contributed by atoms with van der Waals surface area (Å²) >= 11 is 2.01. The van der Waals surface area contributed by atoms with Gasteiger partial charge in [-0.15, -0.1) is 11.8 Å². The molecule has 0 amide bonds. The third-order valence-corrected chi connectivity index (χ3v) is 9.56. The minimum absolute atomic E-state index is 0.0305. The second-order valence-corrected chi connectivity index (χ2v) is 12.3. The van der Waals surface area contributed by atoms with E-state index in [1.54, 1.807) is 0 Å². The molecule has 2 atom stereocenters. The van der Waals surface area contributed by atoms with Crippen LogP contribution in [0.4, 0.5) is 11.4 Å². The topological polar surface area (TPSA) is 24.1 Å².